The summed E-state index contributed by atoms with van der Waals surface area (Å²) in [5.41, 5.74) is 3.21. The van der Waals surface area contributed by atoms with E-state index in [1.807, 2.05) is 0 Å². The fourth-order valence-electron chi connectivity index (χ4n) is 3.19. The lowest BCUT2D eigenvalue weighted by Gasteiger charge is -2.37. The topological polar surface area (TPSA) is 15.3 Å². The van der Waals surface area contributed by atoms with Gasteiger partial charge in [0.1, 0.15) is 0 Å². The summed E-state index contributed by atoms with van der Waals surface area (Å²) < 4.78 is 0. The molecule has 0 radical (unpaired) electrons. The lowest BCUT2D eigenvalue weighted by Crippen LogP contribution is -2.42. The summed E-state index contributed by atoms with van der Waals surface area (Å²) in [6.07, 6.45) is 2.56. The summed E-state index contributed by atoms with van der Waals surface area (Å²) >= 11 is 0. The maximum Gasteiger partial charge on any atom is 0.0406 e. The molecular weight excluding hydrogens is 208 g/mol. The molecule has 0 bridgehead atoms. The number of likely N-dealkylation sites (N-methyl/N-ethyl adjacent to an activating group) is 1. The third-order valence-electron chi connectivity index (χ3n) is 4.43. The first-order chi connectivity index (χ1) is 8.17. The molecule has 2 aliphatic rings. The Morgan fingerprint density at radius 1 is 1.35 bits per heavy atom. The van der Waals surface area contributed by atoms with Gasteiger partial charge in [0, 0.05) is 24.5 Å². The lowest BCUT2D eigenvalue weighted by molar-refractivity contribution is 0.189. The van der Waals surface area contributed by atoms with Crippen molar-refractivity contribution in [2.45, 2.75) is 31.2 Å². The zero-order valence-corrected chi connectivity index (χ0v) is 10.9. The van der Waals surface area contributed by atoms with E-state index in [1.54, 1.807) is 0 Å². The minimum atomic E-state index is 0.214. The molecule has 1 unspecified atom stereocenters. The van der Waals surface area contributed by atoms with Crippen molar-refractivity contribution in [1.29, 1.82) is 0 Å². The Morgan fingerprint density at radius 3 is 2.82 bits per heavy atom. The summed E-state index contributed by atoms with van der Waals surface area (Å²) in [6.45, 7) is 5.93. The van der Waals surface area contributed by atoms with E-state index in [1.165, 1.54) is 37.1 Å². The number of nitrogens with one attached hydrogen (secondary N) is 1. The van der Waals surface area contributed by atoms with Crippen molar-refractivity contribution in [2.75, 3.05) is 26.7 Å². The van der Waals surface area contributed by atoms with Crippen LogP contribution in [0.4, 0.5) is 0 Å². The monoisotopic (exact) mass is 230 g/mol. The lowest BCUT2D eigenvalue weighted by atomic mass is 9.85. The molecule has 1 aromatic rings. The zero-order valence-electron chi connectivity index (χ0n) is 10.9. The Labute approximate surface area is 104 Å². The Morgan fingerprint density at radius 2 is 2.18 bits per heavy atom. The van der Waals surface area contributed by atoms with Crippen molar-refractivity contribution in [3.8, 4) is 0 Å². The molecule has 2 heterocycles. The van der Waals surface area contributed by atoms with Crippen molar-refractivity contribution in [3.05, 3.63) is 35.4 Å². The molecule has 2 heteroatoms. The second-order valence-corrected chi connectivity index (χ2v) is 5.91. The minimum absolute atomic E-state index is 0.214. The van der Waals surface area contributed by atoms with E-state index in [4.69, 9.17) is 0 Å². The summed E-state index contributed by atoms with van der Waals surface area (Å²) in [5, 5.41) is 3.65. The third kappa shape index (κ3) is 2.00. The predicted octanol–water partition coefficient (Wildman–Crippen LogP) is 2.31. The number of hydrogen-bond acceptors (Lipinski definition) is 2. The van der Waals surface area contributed by atoms with Crippen molar-refractivity contribution < 1.29 is 0 Å². The molecule has 2 aliphatic heterocycles. The molecule has 92 valence electrons. The highest BCUT2D eigenvalue weighted by Crippen LogP contribution is 2.33. The Balaban J connectivity index is 1.84. The molecule has 0 aliphatic carbocycles. The molecule has 2 saturated heterocycles. The van der Waals surface area contributed by atoms with Crippen LogP contribution in [-0.2, 0) is 5.54 Å². The fourth-order valence-corrected chi connectivity index (χ4v) is 3.19. The summed E-state index contributed by atoms with van der Waals surface area (Å²) in [5.74, 6) is 0.755. The SMILES string of the molecule is CN1CC(c2cccc(C3(C)CCCN3)c2)C1. The van der Waals surface area contributed by atoms with Gasteiger partial charge in [-0.05, 0) is 44.5 Å². The minimum Gasteiger partial charge on any atom is -0.308 e. The zero-order chi connectivity index (χ0) is 11.9. The first kappa shape index (κ1) is 11.2. The van der Waals surface area contributed by atoms with Gasteiger partial charge in [0.25, 0.3) is 0 Å². The van der Waals surface area contributed by atoms with E-state index in [2.05, 4.69) is 48.5 Å². The predicted molar refractivity (Wildman–Crippen MR) is 71.3 cm³/mol. The van der Waals surface area contributed by atoms with Gasteiger partial charge >= 0.3 is 0 Å². The van der Waals surface area contributed by atoms with Crippen LogP contribution in [0.25, 0.3) is 0 Å². The molecule has 17 heavy (non-hydrogen) atoms. The van der Waals surface area contributed by atoms with Crippen molar-refractivity contribution >= 4 is 0 Å². The van der Waals surface area contributed by atoms with Crippen LogP contribution in [0.1, 0.15) is 36.8 Å². The van der Waals surface area contributed by atoms with Gasteiger partial charge in [0.15, 0.2) is 0 Å². The van der Waals surface area contributed by atoms with Crippen LogP contribution < -0.4 is 5.32 Å². The summed E-state index contributed by atoms with van der Waals surface area (Å²) in [4.78, 5) is 2.38. The molecule has 2 fully saturated rings. The van der Waals surface area contributed by atoms with Gasteiger partial charge in [0.05, 0.1) is 0 Å². The maximum absolute atomic E-state index is 3.65. The van der Waals surface area contributed by atoms with Gasteiger partial charge in [-0.2, -0.15) is 0 Å². The summed E-state index contributed by atoms with van der Waals surface area (Å²) in [7, 11) is 2.19. The second kappa shape index (κ2) is 4.11. The van der Waals surface area contributed by atoms with E-state index in [0.29, 0.717) is 0 Å². The Kier molecular flexibility index (Phi) is 2.72. The van der Waals surface area contributed by atoms with E-state index in [-0.39, 0.29) is 5.54 Å². The van der Waals surface area contributed by atoms with Gasteiger partial charge in [-0.15, -0.1) is 0 Å². The Bertz CT molecular complexity index is 401. The molecule has 2 nitrogen and oxygen atoms in total. The number of nitrogens with zero attached hydrogens (tertiary/aromatic N) is 1. The van der Waals surface area contributed by atoms with Crippen LogP contribution in [0.5, 0.6) is 0 Å². The molecular formula is C15H22N2. The van der Waals surface area contributed by atoms with Gasteiger partial charge in [0.2, 0.25) is 0 Å². The molecule has 0 spiro atoms. The molecule has 0 aromatic heterocycles. The van der Waals surface area contributed by atoms with E-state index >= 15 is 0 Å². The molecule has 3 rings (SSSR count). The molecule has 1 N–H and O–H groups in total. The van der Waals surface area contributed by atoms with Gasteiger partial charge in [-0.3, -0.25) is 0 Å². The van der Waals surface area contributed by atoms with Crippen molar-refractivity contribution in [1.82, 2.24) is 10.2 Å². The first-order valence-electron chi connectivity index (χ1n) is 6.71. The average molecular weight is 230 g/mol. The standard InChI is InChI=1S/C15H22N2/c1-15(7-4-8-16-15)14-6-3-5-12(9-14)13-10-17(2)11-13/h3,5-6,9,13,16H,4,7-8,10-11H2,1-2H3. The van der Waals surface area contributed by atoms with Crippen molar-refractivity contribution in [2.24, 2.45) is 0 Å². The largest absolute Gasteiger partial charge is 0.308 e. The van der Waals surface area contributed by atoms with Gasteiger partial charge in [-0.25, -0.2) is 0 Å². The van der Waals surface area contributed by atoms with E-state index < -0.39 is 0 Å². The summed E-state index contributed by atoms with van der Waals surface area (Å²) in [6, 6.07) is 9.23. The van der Waals surface area contributed by atoms with Gasteiger partial charge < -0.3 is 10.2 Å². The van der Waals surface area contributed by atoms with E-state index in [9.17, 15) is 0 Å². The van der Waals surface area contributed by atoms with Crippen LogP contribution >= 0.6 is 0 Å². The highest BCUT2D eigenvalue weighted by atomic mass is 15.2. The maximum atomic E-state index is 3.65. The van der Waals surface area contributed by atoms with E-state index in [0.717, 1.165) is 12.5 Å². The normalized spacial score (nSPS) is 30.5. The molecule has 0 saturated carbocycles. The third-order valence-corrected chi connectivity index (χ3v) is 4.43. The smallest absolute Gasteiger partial charge is 0.0406 e. The average Bonchev–Trinajstić information content (AvgIpc) is 2.74. The highest BCUT2D eigenvalue weighted by molar-refractivity contribution is 5.33. The first-order valence-corrected chi connectivity index (χ1v) is 6.71. The van der Waals surface area contributed by atoms with Crippen LogP contribution in [0.15, 0.2) is 24.3 Å². The number of hydrogen-bond donors (Lipinski definition) is 1. The number of likely N-dealkylation sites (tertiary alicyclic amines) is 1. The molecule has 0 amide bonds. The molecule has 1 aromatic carbocycles. The van der Waals surface area contributed by atoms with Crippen LogP contribution in [-0.4, -0.2) is 31.6 Å². The quantitative estimate of drug-likeness (QED) is 0.839. The fraction of sp³-hybridized carbons (Fsp3) is 0.600. The van der Waals surface area contributed by atoms with Crippen LogP contribution in [0.3, 0.4) is 0 Å². The Hall–Kier alpha value is -0.860. The van der Waals surface area contributed by atoms with Crippen LogP contribution in [0, 0.1) is 0 Å². The van der Waals surface area contributed by atoms with Gasteiger partial charge in [-0.1, -0.05) is 24.3 Å². The second-order valence-electron chi connectivity index (χ2n) is 5.91. The number of rotatable bonds is 2. The highest BCUT2D eigenvalue weighted by Gasteiger charge is 2.31. The number of benzene rings is 1. The van der Waals surface area contributed by atoms with Crippen molar-refractivity contribution in [3.63, 3.8) is 0 Å². The molecule has 1 atom stereocenters. The van der Waals surface area contributed by atoms with Crippen LogP contribution in [0.2, 0.25) is 0 Å².